The Bertz CT molecular complexity index is 421. The largest absolute Gasteiger partial charge is 0.481 e. The molecule has 0 bridgehead atoms. The van der Waals surface area contributed by atoms with Gasteiger partial charge in [0.2, 0.25) is 5.88 Å². The summed E-state index contributed by atoms with van der Waals surface area (Å²) in [6.45, 7) is 1.77. The number of carbonyl (C=O) groups is 1. The van der Waals surface area contributed by atoms with Gasteiger partial charge in [-0.05, 0) is 13.0 Å². The topological polar surface area (TPSA) is 88.9 Å². The first-order valence-corrected chi connectivity index (χ1v) is 5.43. The van der Waals surface area contributed by atoms with Crippen LogP contribution in [0.3, 0.4) is 0 Å². The van der Waals surface area contributed by atoms with E-state index in [1.54, 1.807) is 13.0 Å². The highest BCUT2D eigenvalue weighted by atomic mass is 16.5. The quantitative estimate of drug-likeness (QED) is 0.738. The van der Waals surface area contributed by atoms with Gasteiger partial charge in [0, 0.05) is 17.3 Å². The smallest absolute Gasteiger partial charge is 0.308 e. The number of hydrogen-bond acceptors (Lipinski definition) is 6. The molecule has 0 radical (unpaired) electrons. The number of ether oxygens (including phenoxy) is 2. The van der Waals surface area contributed by atoms with E-state index in [0.29, 0.717) is 11.4 Å². The summed E-state index contributed by atoms with van der Waals surface area (Å²) in [7, 11) is 2.72. The zero-order chi connectivity index (χ0) is 13.7. The lowest BCUT2D eigenvalue weighted by Gasteiger charge is -2.17. The third kappa shape index (κ3) is 3.41. The van der Waals surface area contributed by atoms with Gasteiger partial charge < -0.3 is 19.7 Å². The number of hydrogen-bond donors (Lipinski definition) is 2. The first-order valence-electron chi connectivity index (χ1n) is 5.43. The molecule has 1 aromatic heterocycles. The fraction of sp³-hybridized carbons (Fsp3) is 0.500. The van der Waals surface area contributed by atoms with Gasteiger partial charge in [0.15, 0.2) is 0 Å². The Hall–Kier alpha value is -1.66. The molecule has 1 rings (SSSR count). The molecule has 0 amide bonds. The second kappa shape index (κ2) is 6.32. The number of methoxy groups -OCH3 is 2. The van der Waals surface area contributed by atoms with Gasteiger partial charge in [-0.25, -0.2) is 4.98 Å². The molecular formula is C12H17NO5. The Morgan fingerprint density at radius 2 is 2.11 bits per heavy atom. The molecule has 0 aliphatic rings. The molecule has 0 aromatic carbocycles. The molecule has 0 fully saturated rings. The molecule has 0 aliphatic carbocycles. The average Bonchev–Trinajstić information content (AvgIpc) is 2.37. The van der Waals surface area contributed by atoms with E-state index < -0.39 is 18.2 Å². The third-order valence-electron chi connectivity index (χ3n) is 2.55. The van der Waals surface area contributed by atoms with Gasteiger partial charge in [-0.3, -0.25) is 4.79 Å². The predicted octanol–water partition coefficient (Wildman–Crippen LogP) is 0.356. The predicted molar refractivity (Wildman–Crippen MR) is 63.1 cm³/mol. The molecule has 2 atom stereocenters. The maximum Gasteiger partial charge on any atom is 0.308 e. The van der Waals surface area contributed by atoms with Crippen molar-refractivity contribution in [2.75, 3.05) is 14.2 Å². The number of nitrogens with zero attached hydrogens (tertiary/aromatic N) is 1. The van der Waals surface area contributed by atoms with Crippen LogP contribution in [0.2, 0.25) is 0 Å². The van der Waals surface area contributed by atoms with E-state index in [2.05, 4.69) is 9.72 Å². The van der Waals surface area contributed by atoms with E-state index in [1.165, 1.54) is 20.4 Å². The molecule has 6 nitrogen and oxygen atoms in total. The minimum Gasteiger partial charge on any atom is -0.481 e. The van der Waals surface area contributed by atoms with Crippen LogP contribution >= 0.6 is 0 Å². The summed E-state index contributed by atoms with van der Waals surface area (Å²) >= 11 is 0. The van der Waals surface area contributed by atoms with E-state index in [0.717, 1.165) is 5.56 Å². The highest BCUT2D eigenvalue weighted by Gasteiger charge is 2.22. The summed E-state index contributed by atoms with van der Waals surface area (Å²) in [6, 6.07) is 1.65. The lowest BCUT2D eigenvalue weighted by Crippen LogP contribution is -2.22. The fourth-order valence-corrected chi connectivity index (χ4v) is 1.55. The molecule has 100 valence electrons. The Labute approximate surface area is 105 Å². The van der Waals surface area contributed by atoms with Crippen LogP contribution in [-0.4, -0.2) is 41.5 Å². The van der Waals surface area contributed by atoms with E-state index >= 15 is 0 Å². The van der Waals surface area contributed by atoms with Gasteiger partial charge in [-0.1, -0.05) is 0 Å². The van der Waals surface area contributed by atoms with Crippen molar-refractivity contribution >= 4 is 5.97 Å². The molecule has 18 heavy (non-hydrogen) atoms. The first-order chi connectivity index (χ1) is 8.49. The van der Waals surface area contributed by atoms with Crippen molar-refractivity contribution in [3.8, 4) is 5.88 Å². The summed E-state index contributed by atoms with van der Waals surface area (Å²) < 4.78 is 9.41. The van der Waals surface area contributed by atoms with Gasteiger partial charge in [0.05, 0.1) is 26.7 Å². The van der Waals surface area contributed by atoms with Crippen molar-refractivity contribution in [2.45, 2.75) is 25.6 Å². The maximum absolute atomic E-state index is 11.0. The molecule has 0 saturated carbocycles. The Morgan fingerprint density at radius 1 is 1.44 bits per heavy atom. The average molecular weight is 255 g/mol. The van der Waals surface area contributed by atoms with Crippen molar-refractivity contribution in [3.63, 3.8) is 0 Å². The molecule has 2 N–H and O–H groups in total. The molecule has 6 heteroatoms. The minimum absolute atomic E-state index is 0.275. The van der Waals surface area contributed by atoms with Crippen LogP contribution in [-0.2, 0) is 9.53 Å². The number of carbonyl (C=O) groups excluding carboxylic acids is 1. The molecule has 1 heterocycles. The number of esters is 1. The standard InChI is InChI=1S/C12H17NO5/c1-7-4-8(6-13-12(7)18-3)11(16)9(14)5-10(15)17-2/h4,6,9,11,14,16H,5H2,1-3H3. The lowest BCUT2D eigenvalue weighted by atomic mass is 10.0. The summed E-state index contributed by atoms with van der Waals surface area (Å²) in [5.74, 6) is -0.131. The molecular weight excluding hydrogens is 238 g/mol. The number of rotatable bonds is 5. The van der Waals surface area contributed by atoms with Gasteiger partial charge in [-0.15, -0.1) is 0 Å². The first kappa shape index (κ1) is 14.4. The van der Waals surface area contributed by atoms with E-state index in [-0.39, 0.29) is 6.42 Å². The Kier molecular flexibility index (Phi) is 5.06. The summed E-state index contributed by atoms with van der Waals surface area (Å²) in [5, 5.41) is 19.6. The molecule has 0 aliphatic heterocycles. The van der Waals surface area contributed by atoms with Crippen molar-refractivity contribution in [1.82, 2.24) is 4.98 Å². The Morgan fingerprint density at radius 3 is 2.61 bits per heavy atom. The minimum atomic E-state index is -1.23. The highest BCUT2D eigenvalue weighted by Crippen LogP contribution is 2.23. The van der Waals surface area contributed by atoms with Crippen LogP contribution in [0.5, 0.6) is 5.88 Å². The van der Waals surface area contributed by atoms with Crippen molar-refractivity contribution in [2.24, 2.45) is 0 Å². The van der Waals surface area contributed by atoms with E-state index in [4.69, 9.17) is 4.74 Å². The summed E-state index contributed by atoms with van der Waals surface area (Å²) in [6.07, 6.45) is -1.30. The van der Waals surface area contributed by atoms with E-state index in [1.807, 2.05) is 0 Å². The lowest BCUT2D eigenvalue weighted by molar-refractivity contribution is -0.144. The second-order valence-electron chi connectivity index (χ2n) is 3.89. The number of aliphatic hydroxyl groups is 2. The maximum atomic E-state index is 11.0. The molecule has 0 spiro atoms. The van der Waals surface area contributed by atoms with Crippen molar-refractivity contribution < 1.29 is 24.5 Å². The zero-order valence-electron chi connectivity index (χ0n) is 10.6. The molecule has 2 unspecified atom stereocenters. The highest BCUT2D eigenvalue weighted by molar-refractivity contribution is 5.69. The molecule has 0 saturated heterocycles. The Balaban J connectivity index is 2.80. The van der Waals surface area contributed by atoms with Crippen LogP contribution in [0.1, 0.15) is 23.7 Å². The van der Waals surface area contributed by atoms with Gasteiger partial charge >= 0.3 is 5.97 Å². The van der Waals surface area contributed by atoms with Gasteiger partial charge in [0.25, 0.3) is 0 Å². The van der Waals surface area contributed by atoms with Crippen LogP contribution in [0, 0.1) is 6.92 Å². The fourth-order valence-electron chi connectivity index (χ4n) is 1.55. The number of aryl methyl sites for hydroxylation is 1. The van der Waals surface area contributed by atoms with Gasteiger partial charge in [0.1, 0.15) is 6.10 Å². The number of aromatic nitrogens is 1. The number of pyridine rings is 1. The van der Waals surface area contributed by atoms with Crippen LogP contribution in [0.15, 0.2) is 12.3 Å². The normalized spacial score (nSPS) is 13.8. The third-order valence-corrected chi connectivity index (χ3v) is 2.55. The number of aliphatic hydroxyl groups excluding tert-OH is 2. The van der Waals surface area contributed by atoms with Crippen LogP contribution in [0.4, 0.5) is 0 Å². The van der Waals surface area contributed by atoms with Crippen molar-refractivity contribution in [1.29, 1.82) is 0 Å². The second-order valence-corrected chi connectivity index (χ2v) is 3.89. The summed E-state index contributed by atoms with van der Waals surface area (Å²) in [5.41, 5.74) is 1.16. The van der Waals surface area contributed by atoms with Gasteiger partial charge in [-0.2, -0.15) is 0 Å². The SMILES string of the molecule is COC(=O)CC(O)C(O)c1cnc(OC)c(C)c1. The monoisotopic (exact) mass is 255 g/mol. The van der Waals surface area contributed by atoms with Crippen LogP contribution in [0.25, 0.3) is 0 Å². The molecule has 1 aromatic rings. The van der Waals surface area contributed by atoms with Crippen LogP contribution < -0.4 is 4.74 Å². The summed E-state index contributed by atoms with van der Waals surface area (Å²) in [4.78, 5) is 15.0. The van der Waals surface area contributed by atoms with E-state index in [9.17, 15) is 15.0 Å². The zero-order valence-corrected chi connectivity index (χ0v) is 10.6. The van der Waals surface area contributed by atoms with Crippen molar-refractivity contribution in [3.05, 3.63) is 23.4 Å².